The van der Waals surface area contributed by atoms with Crippen molar-refractivity contribution in [1.82, 2.24) is 0 Å². The van der Waals surface area contributed by atoms with E-state index in [2.05, 4.69) is 26.0 Å². The molecular weight excluding hydrogens is 160 g/mol. The summed E-state index contributed by atoms with van der Waals surface area (Å²) in [6.45, 7) is 4.31. The molecule has 0 spiro atoms. The van der Waals surface area contributed by atoms with Crippen molar-refractivity contribution in [3.8, 4) is 0 Å². The Labute approximate surface area is 79.1 Å². The van der Waals surface area contributed by atoms with Crippen molar-refractivity contribution in [1.29, 1.82) is 0 Å². The number of hydrogen-bond donors (Lipinski definition) is 0. The van der Waals surface area contributed by atoms with E-state index in [1.54, 1.807) is 0 Å². The topological polar surface area (TPSA) is 17.1 Å². The zero-order valence-electron chi connectivity index (χ0n) is 8.03. The molecule has 0 saturated heterocycles. The Kier molecular flexibility index (Phi) is 3.44. The van der Waals surface area contributed by atoms with Gasteiger partial charge in [-0.3, -0.25) is 4.79 Å². The first-order valence-electron chi connectivity index (χ1n) is 4.46. The molecule has 0 heterocycles. The van der Waals surface area contributed by atoms with Crippen LogP contribution in [0.3, 0.4) is 0 Å². The molecule has 1 heteroatoms. The molecule has 1 nitrogen and oxygen atoms in total. The van der Waals surface area contributed by atoms with E-state index in [-0.39, 0.29) is 0 Å². The molecule has 0 aliphatic rings. The zero-order chi connectivity index (χ0) is 9.68. The predicted molar refractivity (Wildman–Crippen MR) is 55.6 cm³/mol. The van der Waals surface area contributed by atoms with E-state index in [1.165, 1.54) is 11.6 Å². The monoisotopic (exact) mass is 174 g/mol. The molecule has 0 radical (unpaired) electrons. The summed E-state index contributed by atoms with van der Waals surface area (Å²) >= 11 is 0. The van der Waals surface area contributed by atoms with Gasteiger partial charge in [-0.1, -0.05) is 44.2 Å². The predicted octanol–water partition coefficient (Wildman–Crippen LogP) is 3.02. The summed E-state index contributed by atoms with van der Waals surface area (Å²) in [6.07, 6.45) is 4.13. The van der Waals surface area contributed by atoms with Crippen LogP contribution in [0.4, 0.5) is 0 Å². The summed E-state index contributed by atoms with van der Waals surface area (Å²) < 4.78 is 0. The van der Waals surface area contributed by atoms with Crippen LogP contribution in [-0.4, -0.2) is 6.29 Å². The Morgan fingerprint density at radius 3 is 2.69 bits per heavy atom. The molecule has 0 aliphatic heterocycles. The number of aldehydes is 1. The first kappa shape index (κ1) is 9.72. The molecule has 1 aromatic carbocycles. The highest BCUT2D eigenvalue weighted by molar-refractivity contribution is 5.73. The van der Waals surface area contributed by atoms with Gasteiger partial charge in [0, 0.05) is 0 Å². The highest BCUT2D eigenvalue weighted by atomic mass is 16.1. The van der Waals surface area contributed by atoms with Crippen molar-refractivity contribution in [3.63, 3.8) is 0 Å². The third-order valence-corrected chi connectivity index (χ3v) is 1.94. The van der Waals surface area contributed by atoms with Gasteiger partial charge in [-0.25, -0.2) is 0 Å². The molecule has 0 amide bonds. The molecule has 0 fully saturated rings. The minimum Gasteiger partial charge on any atom is -0.299 e. The highest BCUT2D eigenvalue weighted by Crippen LogP contribution is 2.15. The molecular formula is C12H14O. The number of benzene rings is 1. The Bertz CT molecular complexity index is 311. The van der Waals surface area contributed by atoms with Crippen molar-refractivity contribution >= 4 is 12.4 Å². The van der Waals surface area contributed by atoms with Crippen LogP contribution in [-0.2, 0) is 4.79 Å². The fourth-order valence-corrected chi connectivity index (χ4v) is 1.17. The van der Waals surface area contributed by atoms with E-state index in [9.17, 15) is 4.79 Å². The second kappa shape index (κ2) is 4.61. The van der Waals surface area contributed by atoms with Crippen LogP contribution in [0.15, 0.2) is 30.3 Å². The van der Waals surface area contributed by atoms with Gasteiger partial charge < -0.3 is 0 Å². The molecule has 0 bridgehead atoms. The molecule has 0 aromatic heterocycles. The minimum atomic E-state index is 0.532. The van der Waals surface area contributed by atoms with Crippen molar-refractivity contribution in [2.45, 2.75) is 19.8 Å². The van der Waals surface area contributed by atoms with E-state index in [0.29, 0.717) is 5.92 Å². The highest BCUT2D eigenvalue weighted by Gasteiger charge is 1.97. The number of carbonyl (C=O) groups is 1. The third kappa shape index (κ3) is 2.86. The molecule has 0 atom stereocenters. The summed E-state index contributed by atoms with van der Waals surface area (Å²) in [5.74, 6) is 0.532. The van der Waals surface area contributed by atoms with Crippen molar-refractivity contribution in [3.05, 3.63) is 41.5 Å². The molecule has 0 saturated carbocycles. The Morgan fingerprint density at radius 2 is 2.08 bits per heavy atom. The van der Waals surface area contributed by atoms with E-state index in [1.807, 2.05) is 18.2 Å². The van der Waals surface area contributed by atoms with Gasteiger partial charge in [-0.2, -0.15) is 0 Å². The Morgan fingerprint density at radius 1 is 1.31 bits per heavy atom. The van der Waals surface area contributed by atoms with Crippen molar-refractivity contribution in [2.75, 3.05) is 0 Å². The second-order valence-corrected chi connectivity index (χ2v) is 3.32. The van der Waals surface area contributed by atoms with Crippen molar-refractivity contribution < 1.29 is 4.79 Å². The maximum Gasteiger partial charge on any atom is 0.142 e. The average Bonchev–Trinajstić information content (AvgIpc) is 2.15. The number of rotatable bonds is 3. The summed E-state index contributed by atoms with van der Waals surface area (Å²) in [6, 6.07) is 8.21. The first-order valence-corrected chi connectivity index (χ1v) is 4.46. The fourth-order valence-electron chi connectivity index (χ4n) is 1.17. The van der Waals surface area contributed by atoms with Crippen LogP contribution < -0.4 is 0 Å². The summed E-state index contributed by atoms with van der Waals surface area (Å²) in [5.41, 5.74) is 2.38. The lowest BCUT2D eigenvalue weighted by molar-refractivity contribution is -0.104. The average molecular weight is 174 g/mol. The van der Waals surface area contributed by atoms with E-state index in [4.69, 9.17) is 0 Å². The lowest BCUT2D eigenvalue weighted by Gasteiger charge is -2.05. The first-order chi connectivity index (χ1) is 6.24. The molecule has 0 unspecified atom stereocenters. The smallest absolute Gasteiger partial charge is 0.142 e. The van der Waals surface area contributed by atoms with E-state index < -0.39 is 0 Å². The molecule has 1 rings (SSSR count). The van der Waals surface area contributed by atoms with E-state index >= 15 is 0 Å². The quantitative estimate of drug-likeness (QED) is 0.508. The molecule has 0 aliphatic carbocycles. The van der Waals surface area contributed by atoms with Gasteiger partial charge in [0.25, 0.3) is 0 Å². The van der Waals surface area contributed by atoms with Crippen LogP contribution in [0, 0.1) is 0 Å². The van der Waals surface area contributed by atoms with Gasteiger partial charge in [0.05, 0.1) is 0 Å². The molecule has 68 valence electrons. The summed E-state index contributed by atoms with van der Waals surface area (Å²) in [4.78, 5) is 10.1. The van der Waals surface area contributed by atoms with Crippen molar-refractivity contribution in [2.24, 2.45) is 0 Å². The number of hydrogen-bond acceptors (Lipinski definition) is 1. The summed E-state index contributed by atoms with van der Waals surface area (Å²) in [7, 11) is 0. The van der Waals surface area contributed by atoms with Crippen LogP contribution in [0.25, 0.3) is 6.08 Å². The van der Waals surface area contributed by atoms with Crippen LogP contribution in [0.5, 0.6) is 0 Å². The standard InChI is InChI=1S/C12H14O/c1-10(2)12-7-3-5-11(9-12)6-4-8-13/h3-10H,1-2H3. The van der Waals surface area contributed by atoms with Crippen LogP contribution >= 0.6 is 0 Å². The Hall–Kier alpha value is -1.37. The van der Waals surface area contributed by atoms with Gasteiger partial charge in [-0.05, 0) is 23.1 Å². The third-order valence-electron chi connectivity index (χ3n) is 1.94. The van der Waals surface area contributed by atoms with Gasteiger partial charge in [0.1, 0.15) is 6.29 Å². The minimum absolute atomic E-state index is 0.532. The van der Waals surface area contributed by atoms with Gasteiger partial charge in [-0.15, -0.1) is 0 Å². The van der Waals surface area contributed by atoms with Gasteiger partial charge in [0.15, 0.2) is 0 Å². The Balaban J connectivity index is 2.91. The lowest BCUT2D eigenvalue weighted by Crippen LogP contribution is -1.86. The van der Waals surface area contributed by atoms with Crippen LogP contribution in [0.2, 0.25) is 0 Å². The number of allylic oxidation sites excluding steroid dienone is 1. The fraction of sp³-hybridized carbons (Fsp3) is 0.250. The lowest BCUT2D eigenvalue weighted by atomic mass is 10.0. The van der Waals surface area contributed by atoms with E-state index in [0.717, 1.165) is 11.8 Å². The maximum atomic E-state index is 10.1. The zero-order valence-corrected chi connectivity index (χ0v) is 8.03. The summed E-state index contributed by atoms with van der Waals surface area (Å²) in [5, 5.41) is 0. The number of carbonyl (C=O) groups excluding carboxylic acids is 1. The molecule has 0 N–H and O–H groups in total. The van der Waals surface area contributed by atoms with Gasteiger partial charge in [0.2, 0.25) is 0 Å². The second-order valence-electron chi connectivity index (χ2n) is 3.32. The maximum absolute atomic E-state index is 10.1. The van der Waals surface area contributed by atoms with Crippen LogP contribution in [0.1, 0.15) is 30.9 Å². The molecule has 1 aromatic rings. The largest absolute Gasteiger partial charge is 0.299 e. The van der Waals surface area contributed by atoms with Gasteiger partial charge >= 0.3 is 0 Å². The molecule has 13 heavy (non-hydrogen) atoms. The SMILES string of the molecule is CC(C)c1cccc(C=CC=O)c1. The normalized spacial score (nSPS) is 11.0.